The number of carbonyl (C=O) groups excluding carboxylic acids is 3. The highest BCUT2D eigenvalue weighted by atomic mass is 16.6. The Morgan fingerprint density at radius 2 is 1.96 bits per heavy atom. The molecule has 0 spiro atoms. The second-order valence-electron chi connectivity index (χ2n) is 6.15. The predicted octanol–water partition coefficient (Wildman–Crippen LogP) is 3.44. The van der Waals surface area contributed by atoms with Crippen LogP contribution < -0.4 is 0 Å². The van der Waals surface area contributed by atoms with Crippen molar-refractivity contribution >= 4 is 17.8 Å². The van der Waals surface area contributed by atoms with Gasteiger partial charge in [-0.05, 0) is 18.4 Å². The quantitative estimate of drug-likeness (QED) is 0.505. The highest BCUT2D eigenvalue weighted by Gasteiger charge is 2.38. The number of esters is 1. The zero-order valence-electron chi connectivity index (χ0n) is 14.6. The van der Waals surface area contributed by atoms with Crippen LogP contribution in [0.3, 0.4) is 0 Å². The zero-order chi connectivity index (χ0) is 18.1. The third-order valence-corrected chi connectivity index (χ3v) is 4.19. The van der Waals surface area contributed by atoms with Crippen LogP contribution in [0.2, 0.25) is 0 Å². The summed E-state index contributed by atoms with van der Waals surface area (Å²) in [6.45, 7) is 2.09. The molecule has 1 amide bonds. The van der Waals surface area contributed by atoms with E-state index in [1.165, 1.54) is 4.90 Å². The molecule has 1 aromatic rings. The number of ketones is 1. The van der Waals surface area contributed by atoms with Gasteiger partial charge in [-0.25, -0.2) is 9.59 Å². The smallest absolute Gasteiger partial charge is 0.413 e. The number of unbranched alkanes of at least 4 members (excludes halogenated alkanes) is 2. The molecule has 0 aromatic heterocycles. The summed E-state index contributed by atoms with van der Waals surface area (Å²) in [5, 5.41) is 0. The van der Waals surface area contributed by atoms with Gasteiger partial charge in [0.25, 0.3) is 0 Å². The Labute approximate surface area is 148 Å². The van der Waals surface area contributed by atoms with Crippen LogP contribution in [0.15, 0.2) is 30.3 Å². The van der Waals surface area contributed by atoms with E-state index in [1.54, 1.807) is 0 Å². The second-order valence-corrected chi connectivity index (χ2v) is 6.15. The van der Waals surface area contributed by atoms with E-state index in [-0.39, 0.29) is 32.0 Å². The number of carbonyl (C=O) groups is 3. The summed E-state index contributed by atoms with van der Waals surface area (Å²) in [5.74, 6) is -0.358. The summed E-state index contributed by atoms with van der Waals surface area (Å²) in [5.41, 5.74) is 0.866. The van der Waals surface area contributed by atoms with Crippen LogP contribution >= 0.6 is 0 Å². The first-order valence-corrected chi connectivity index (χ1v) is 8.77. The van der Waals surface area contributed by atoms with Gasteiger partial charge in [0.2, 0.25) is 0 Å². The van der Waals surface area contributed by atoms with E-state index < -0.39 is 18.1 Å². The lowest BCUT2D eigenvalue weighted by atomic mass is 10.0. The van der Waals surface area contributed by atoms with Gasteiger partial charge in [-0.1, -0.05) is 50.1 Å². The van der Waals surface area contributed by atoms with Crippen molar-refractivity contribution in [2.45, 2.75) is 58.1 Å². The molecule has 6 nitrogen and oxygen atoms in total. The fourth-order valence-electron chi connectivity index (χ4n) is 2.70. The molecule has 1 heterocycles. The maximum atomic E-state index is 12.2. The van der Waals surface area contributed by atoms with Crippen molar-refractivity contribution in [3.63, 3.8) is 0 Å². The first-order chi connectivity index (χ1) is 12.1. The average Bonchev–Trinajstić information content (AvgIpc) is 3.00. The van der Waals surface area contributed by atoms with E-state index in [1.807, 2.05) is 30.3 Å². The Kier molecular flexibility index (Phi) is 7.44. The van der Waals surface area contributed by atoms with E-state index in [2.05, 4.69) is 6.92 Å². The number of rotatable bonds is 9. The zero-order valence-corrected chi connectivity index (χ0v) is 14.6. The molecule has 1 aliphatic rings. The monoisotopic (exact) mass is 347 g/mol. The minimum absolute atomic E-state index is 0.116. The number of ether oxygens (including phenoxy) is 2. The predicted molar refractivity (Wildman–Crippen MR) is 91.6 cm³/mol. The molecule has 0 bridgehead atoms. The summed E-state index contributed by atoms with van der Waals surface area (Å²) < 4.78 is 10.2. The van der Waals surface area contributed by atoms with E-state index in [0.717, 1.165) is 24.8 Å². The minimum atomic E-state index is -0.738. The Bertz CT molecular complexity index is 587. The number of hydrogen-bond donors (Lipinski definition) is 0. The molecule has 1 aromatic carbocycles. The first kappa shape index (κ1) is 19.0. The Balaban J connectivity index is 1.81. The number of benzene rings is 1. The number of cyclic esters (lactones) is 1. The molecular weight excluding hydrogens is 322 g/mol. The van der Waals surface area contributed by atoms with Crippen molar-refractivity contribution in [3.05, 3.63) is 35.9 Å². The maximum absolute atomic E-state index is 12.2. The first-order valence-electron chi connectivity index (χ1n) is 8.77. The van der Waals surface area contributed by atoms with E-state index in [9.17, 15) is 14.4 Å². The number of amides is 1. The molecule has 1 saturated heterocycles. The molecule has 25 heavy (non-hydrogen) atoms. The normalized spacial score (nSPS) is 16.6. The fraction of sp³-hybridized carbons (Fsp3) is 0.526. The second kappa shape index (κ2) is 9.81. The van der Waals surface area contributed by atoms with Crippen LogP contribution in [0.5, 0.6) is 0 Å². The third-order valence-electron chi connectivity index (χ3n) is 4.19. The summed E-state index contributed by atoms with van der Waals surface area (Å²) >= 11 is 0. The summed E-state index contributed by atoms with van der Waals surface area (Å²) in [4.78, 5) is 37.2. The number of hydrogen-bond acceptors (Lipinski definition) is 5. The molecule has 1 atom stereocenters. The molecule has 6 heteroatoms. The summed E-state index contributed by atoms with van der Waals surface area (Å²) in [6, 6.07) is 8.57. The number of Topliss-reactive ketones (excluding diaryl/α,β-unsaturated/α-hetero) is 1. The van der Waals surface area contributed by atoms with E-state index >= 15 is 0 Å². The van der Waals surface area contributed by atoms with Crippen LogP contribution in [0.4, 0.5) is 4.79 Å². The van der Waals surface area contributed by atoms with E-state index in [4.69, 9.17) is 9.47 Å². The largest absolute Gasteiger partial charge is 0.444 e. The molecule has 1 fully saturated rings. The van der Waals surface area contributed by atoms with Gasteiger partial charge in [-0.3, -0.25) is 9.69 Å². The van der Waals surface area contributed by atoms with Crippen molar-refractivity contribution in [2.75, 3.05) is 6.73 Å². The van der Waals surface area contributed by atoms with Crippen LogP contribution in [-0.4, -0.2) is 35.5 Å². The molecule has 0 radical (unpaired) electrons. The molecule has 0 aliphatic carbocycles. The van der Waals surface area contributed by atoms with Crippen molar-refractivity contribution < 1.29 is 23.9 Å². The molecule has 136 valence electrons. The van der Waals surface area contributed by atoms with Gasteiger partial charge in [-0.15, -0.1) is 0 Å². The molecule has 0 N–H and O–H groups in total. The van der Waals surface area contributed by atoms with Gasteiger partial charge in [-0.2, -0.15) is 0 Å². The van der Waals surface area contributed by atoms with Crippen molar-refractivity contribution in [3.8, 4) is 0 Å². The maximum Gasteiger partial charge on any atom is 0.413 e. The van der Waals surface area contributed by atoms with Gasteiger partial charge in [0, 0.05) is 12.8 Å². The third kappa shape index (κ3) is 5.89. The van der Waals surface area contributed by atoms with Crippen LogP contribution in [-0.2, 0) is 25.7 Å². The Hall–Kier alpha value is -2.37. The van der Waals surface area contributed by atoms with Crippen LogP contribution in [0.1, 0.15) is 51.0 Å². The fourth-order valence-corrected chi connectivity index (χ4v) is 2.70. The van der Waals surface area contributed by atoms with Gasteiger partial charge < -0.3 is 9.47 Å². The SMILES string of the molecule is CCCCCC(=O)CC[C@H]1C(=O)OCN1C(=O)OCc1ccccc1. The highest BCUT2D eigenvalue weighted by Crippen LogP contribution is 2.19. The Morgan fingerprint density at radius 1 is 1.20 bits per heavy atom. The summed E-state index contributed by atoms with van der Waals surface area (Å²) in [6.07, 6.45) is 3.42. The topological polar surface area (TPSA) is 72.9 Å². The lowest BCUT2D eigenvalue weighted by Gasteiger charge is -2.19. The molecule has 2 rings (SSSR count). The van der Waals surface area contributed by atoms with Crippen molar-refractivity contribution in [1.82, 2.24) is 4.90 Å². The molecule has 1 aliphatic heterocycles. The Morgan fingerprint density at radius 3 is 2.68 bits per heavy atom. The lowest BCUT2D eigenvalue weighted by Crippen LogP contribution is -2.38. The summed E-state index contributed by atoms with van der Waals surface area (Å²) in [7, 11) is 0. The molecule has 0 unspecified atom stereocenters. The van der Waals surface area contributed by atoms with Gasteiger partial charge in [0.1, 0.15) is 18.4 Å². The minimum Gasteiger partial charge on any atom is -0.444 e. The van der Waals surface area contributed by atoms with Crippen LogP contribution in [0, 0.1) is 0 Å². The molecule has 0 saturated carbocycles. The van der Waals surface area contributed by atoms with E-state index in [0.29, 0.717) is 6.42 Å². The van der Waals surface area contributed by atoms with Crippen molar-refractivity contribution in [1.29, 1.82) is 0 Å². The average molecular weight is 347 g/mol. The van der Waals surface area contributed by atoms with Gasteiger partial charge in [0.05, 0.1) is 0 Å². The van der Waals surface area contributed by atoms with Gasteiger partial charge >= 0.3 is 12.1 Å². The van der Waals surface area contributed by atoms with Crippen LogP contribution in [0.25, 0.3) is 0 Å². The highest BCUT2D eigenvalue weighted by molar-refractivity contribution is 5.85. The lowest BCUT2D eigenvalue weighted by molar-refractivity contribution is -0.139. The van der Waals surface area contributed by atoms with Gasteiger partial charge in [0.15, 0.2) is 6.73 Å². The van der Waals surface area contributed by atoms with Crippen molar-refractivity contribution in [2.24, 2.45) is 0 Å². The standard InChI is InChI=1S/C19H25NO5/c1-2-3-5-10-16(21)11-12-17-18(22)25-14-20(17)19(23)24-13-15-8-6-4-7-9-15/h4,6-9,17H,2-3,5,10-14H2,1H3/t17-/m0/s1. The molecular formula is C19H25NO5. The number of nitrogens with zero attached hydrogens (tertiary/aromatic N) is 1.